The third kappa shape index (κ3) is 4.48. The highest BCUT2D eigenvalue weighted by Crippen LogP contribution is 2.24. The van der Waals surface area contributed by atoms with Crippen LogP contribution in [0.1, 0.15) is 40.0 Å². The molecule has 0 aromatic rings. The van der Waals surface area contributed by atoms with E-state index in [-0.39, 0.29) is 0 Å². The second-order valence-corrected chi connectivity index (χ2v) is 5.93. The molecule has 0 radical (unpaired) electrons. The monoisotopic (exact) mass is 286 g/mol. The van der Waals surface area contributed by atoms with E-state index in [1.165, 1.54) is 4.90 Å². The molecule has 0 spiro atoms. The van der Waals surface area contributed by atoms with Gasteiger partial charge in [0.1, 0.15) is 12.0 Å². The summed E-state index contributed by atoms with van der Waals surface area (Å²) in [4.78, 5) is 35.7. The largest absolute Gasteiger partial charge is 0.481 e. The van der Waals surface area contributed by atoms with Crippen LogP contribution in [0.5, 0.6) is 0 Å². The van der Waals surface area contributed by atoms with Crippen molar-refractivity contribution in [3.8, 4) is 0 Å². The highest BCUT2D eigenvalue weighted by molar-refractivity contribution is 5.93. The van der Waals surface area contributed by atoms with E-state index >= 15 is 0 Å². The number of hydrogen-bond donors (Lipinski definition) is 2. The molecule has 1 aliphatic heterocycles. The first kappa shape index (κ1) is 16.4. The number of hydrogen-bond acceptors (Lipinski definition) is 5. The maximum absolute atomic E-state index is 12.1. The number of nitrogens with two attached hydrogens (primary N) is 1. The van der Waals surface area contributed by atoms with Crippen LogP contribution >= 0.6 is 0 Å². The molecular weight excluding hydrogens is 264 g/mol. The van der Waals surface area contributed by atoms with Crippen molar-refractivity contribution < 1.29 is 24.2 Å². The average molecular weight is 286 g/mol. The SMILES string of the molecule is CC(C)(C)OC(=O)C1CCCN(C(=O)CC(=O)O)C1N. The Morgan fingerprint density at radius 2 is 1.95 bits per heavy atom. The van der Waals surface area contributed by atoms with E-state index in [0.717, 1.165) is 0 Å². The summed E-state index contributed by atoms with van der Waals surface area (Å²) in [6, 6.07) is 0. The minimum Gasteiger partial charge on any atom is -0.481 e. The van der Waals surface area contributed by atoms with Gasteiger partial charge in [0.2, 0.25) is 5.91 Å². The summed E-state index contributed by atoms with van der Waals surface area (Å²) in [5.41, 5.74) is 5.31. The minimum absolute atomic E-state index is 0.368. The Morgan fingerprint density at radius 3 is 2.45 bits per heavy atom. The summed E-state index contributed by atoms with van der Waals surface area (Å²) < 4.78 is 5.28. The number of carboxylic acid groups (broad SMARTS) is 1. The van der Waals surface area contributed by atoms with Crippen LogP contribution in [0.2, 0.25) is 0 Å². The first-order chi connectivity index (χ1) is 9.11. The average Bonchev–Trinajstić information content (AvgIpc) is 2.25. The van der Waals surface area contributed by atoms with Gasteiger partial charge in [-0.2, -0.15) is 0 Å². The fraction of sp³-hybridized carbons (Fsp3) is 0.769. The first-order valence-corrected chi connectivity index (χ1v) is 6.61. The van der Waals surface area contributed by atoms with Crippen molar-refractivity contribution in [1.29, 1.82) is 0 Å². The normalized spacial score (nSPS) is 23.3. The number of nitrogens with zero attached hydrogens (tertiary/aromatic N) is 1. The minimum atomic E-state index is -1.21. The molecule has 7 heteroatoms. The van der Waals surface area contributed by atoms with Crippen molar-refractivity contribution in [3.63, 3.8) is 0 Å². The number of carboxylic acids is 1. The van der Waals surface area contributed by atoms with Crippen molar-refractivity contribution in [1.82, 2.24) is 4.90 Å². The van der Waals surface area contributed by atoms with Crippen LogP contribution < -0.4 is 5.73 Å². The van der Waals surface area contributed by atoms with Crippen molar-refractivity contribution in [2.45, 2.75) is 51.8 Å². The number of esters is 1. The van der Waals surface area contributed by atoms with Crippen molar-refractivity contribution >= 4 is 17.8 Å². The smallest absolute Gasteiger partial charge is 0.312 e. The van der Waals surface area contributed by atoms with E-state index in [1.807, 2.05) is 0 Å². The summed E-state index contributed by atoms with van der Waals surface area (Å²) in [5.74, 6) is -2.83. The Balaban J connectivity index is 2.73. The van der Waals surface area contributed by atoms with Gasteiger partial charge in [-0.15, -0.1) is 0 Å². The molecule has 0 saturated carbocycles. The van der Waals surface area contributed by atoms with Crippen molar-refractivity contribution in [2.24, 2.45) is 11.7 Å². The number of carbonyl (C=O) groups is 3. The van der Waals surface area contributed by atoms with Crippen LogP contribution in [-0.4, -0.2) is 46.2 Å². The van der Waals surface area contributed by atoms with Gasteiger partial charge in [0.25, 0.3) is 0 Å². The van der Waals surface area contributed by atoms with E-state index in [0.29, 0.717) is 19.4 Å². The number of carbonyl (C=O) groups excluding carboxylic acids is 2. The summed E-state index contributed by atoms with van der Waals surface area (Å²) >= 11 is 0. The lowest BCUT2D eigenvalue weighted by Gasteiger charge is -2.38. The molecule has 1 heterocycles. The number of amides is 1. The third-order valence-corrected chi connectivity index (χ3v) is 3.02. The fourth-order valence-electron chi connectivity index (χ4n) is 2.18. The van der Waals surface area contributed by atoms with E-state index in [9.17, 15) is 14.4 Å². The Morgan fingerprint density at radius 1 is 1.35 bits per heavy atom. The summed E-state index contributed by atoms with van der Waals surface area (Å²) in [5, 5.41) is 8.65. The van der Waals surface area contributed by atoms with E-state index < -0.39 is 42.0 Å². The molecule has 0 aliphatic carbocycles. The van der Waals surface area contributed by atoms with Gasteiger partial charge in [0, 0.05) is 6.54 Å². The Hall–Kier alpha value is -1.63. The van der Waals surface area contributed by atoms with Gasteiger partial charge in [-0.05, 0) is 33.6 Å². The lowest BCUT2D eigenvalue weighted by molar-refractivity contribution is -0.165. The number of piperidine rings is 1. The Bertz CT molecular complexity index is 402. The zero-order valence-electron chi connectivity index (χ0n) is 12.1. The van der Waals surface area contributed by atoms with Gasteiger partial charge in [0.05, 0.1) is 12.1 Å². The molecule has 3 N–H and O–H groups in total. The van der Waals surface area contributed by atoms with Gasteiger partial charge >= 0.3 is 11.9 Å². The van der Waals surface area contributed by atoms with Crippen LogP contribution in [0.25, 0.3) is 0 Å². The number of likely N-dealkylation sites (tertiary alicyclic amines) is 1. The molecule has 7 nitrogen and oxygen atoms in total. The molecule has 2 atom stereocenters. The summed E-state index contributed by atoms with van der Waals surface area (Å²) in [6.07, 6.45) is -0.310. The van der Waals surface area contributed by atoms with Gasteiger partial charge in [-0.1, -0.05) is 0 Å². The van der Waals surface area contributed by atoms with Crippen LogP contribution in [0.15, 0.2) is 0 Å². The molecular formula is C13H22N2O5. The van der Waals surface area contributed by atoms with Gasteiger partial charge in [-0.25, -0.2) is 0 Å². The molecule has 0 bridgehead atoms. The molecule has 1 rings (SSSR count). The molecule has 1 amide bonds. The Kier molecular flexibility index (Phi) is 5.10. The van der Waals surface area contributed by atoms with Gasteiger partial charge in [-0.3, -0.25) is 14.4 Å². The van der Waals surface area contributed by atoms with Crippen molar-refractivity contribution in [2.75, 3.05) is 6.54 Å². The maximum Gasteiger partial charge on any atom is 0.312 e. The number of aliphatic carboxylic acids is 1. The zero-order valence-corrected chi connectivity index (χ0v) is 12.1. The lowest BCUT2D eigenvalue weighted by atomic mass is 9.94. The summed E-state index contributed by atoms with van der Waals surface area (Å²) in [7, 11) is 0. The highest BCUT2D eigenvalue weighted by atomic mass is 16.6. The topological polar surface area (TPSA) is 110 Å². The predicted molar refractivity (Wildman–Crippen MR) is 70.5 cm³/mol. The number of ether oxygens (including phenoxy) is 1. The molecule has 20 heavy (non-hydrogen) atoms. The Labute approximate surface area is 118 Å². The second kappa shape index (κ2) is 6.21. The van der Waals surface area contributed by atoms with Crippen molar-refractivity contribution in [3.05, 3.63) is 0 Å². The van der Waals surface area contributed by atoms with E-state index in [4.69, 9.17) is 15.6 Å². The second-order valence-electron chi connectivity index (χ2n) is 5.93. The van der Waals surface area contributed by atoms with Crippen LogP contribution in [-0.2, 0) is 19.1 Å². The quantitative estimate of drug-likeness (QED) is 0.571. The molecule has 1 aliphatic rings. The van der Waals surface area contributed by atoms with Gasteiger partial charge < -0.3 is 20.5 Å². The third-order valence-electron chi connectivity index (χ3n) is 3.02. The zero-order chi connectivity index (χ0) is 15.5. The molecule has 1 fully saturated rings. The molecule has 1 saturated heterocycles. The lowest BCUT2D eigenvalue weighted by Crippen LogP contribution is -2.56. The maximum atomic E-state index is 12.1. The van der Waals surface area contributed by atoms with Crippen LogP contribution in [0, 0.1) is 5.92 Å². The standard InChI is InChI=1S/C13H22N2O5/c1-13(2,3)20-12(19)8-5-4-6-15(11(8)14)9(16)7-10(17)18/h8,11H,4-7,14H2,1-3H3,(H,17,18). The molecule has 0 aromatic carbocycles. The van der Waals surface area contributed by atoms with Crippen LogP contribution in [0.3, 0.4) is 0 Å². The van der Waals surface area contributed by atoms with E-state index in [1.54, 1.807) is 20.8 Å². The van der Waals surface area contributed by atoms with Gasteiger partial charge in [0.15, 0.2) is 0 Å². The molecule has 0 aromatic heterocycles. The highest BCUT2D eigenvalue weighted by Gasteiger charge is 2.38. The van der Waals surface area contributed by atoms with E-state index in [2.05, 4.69) is 0 Å². The summed E-state index contributed by atoms with van der Waals surface area (Å²) in [6.45, 7) is 5.64. The molecule has 114 valence electrons. The predicted octanol–water partition coefficient (Wildman–Crippen LogP) is 0.326. The molecule has 2 unspecified atom stereocenters. The first-order valence-electron chi connectivity index (χ1n) is 6.61. The fourth-order valence-corrected chi connectivity index (χ4v) is 2.18. The van der Waals surface area contributed by atoms with Crippen LogP contribution in [0.4, 0.5) is 0 Å². The number of rotatable bonds is 3.